The number of aryl methyl sites for hydroxylation is 1. The van der Waals surface area contributed by atoms with Crippen LogP contribution in [0.1, 0.15) is 45.6 Å². The van der Waals surface area contributed by atoms with E-state index in [4.69, 9.17) is 0 Å². The van der Waals surface area contributed by atoms with Crippen LogP contribution in [0.4, 0.5) is 5.69 Å². The van der Waals surface area contributed by atoms with E-state index in [0.29, 0.717) is 0 Å². The van der Waals surface area contributed by atoms with E-state index >= 15 is 0 Å². The molecule has 2 heteroatoms. The highest BCUT2D eigenvalue weighted by atomic mass is 16.2. The van der Waals surface area contributed by atoms with Crippen LogP contribution in [-0.2, 0) is 5.41 Å². The molecule has 5 rings (SSSR count). The highest BCUT2D eigenvalue weighted by Gasteiger charge is 2.51. The first-order valence-electron chi connectivity index (χ1n) is 9.32. The van der Waals surface area contributed by atoms with Crippen molar-refractivity contribution in [3.63, 3.8) is 0 Å². The van der Waals surface area contributed by atoms with E-state index in [1.54, 1.807) is 0 Å². The largest absolute Gasteiger partial charge is 0.297 e. The Morgan fingerprint density at radius 2 is 1.67 bits per heavy atom. The number of hydrogen-bond acceptors (Lipinski definition) is 1. The van der Waals surface area contributed by atoms with Gasteiger partial charge in [-0.3, -0.25) is 9.69 Å². The number of nitrogens with zero attached hydrogens (tertiary/aromatic N) is 1. The molecule has 2 atom stereocenters. The van der Waals surface area contributed by atoms with E-state index in [-0.39, 0.29) is 17.4 Å². The Morgan fingerprint density at radius 3 is 2.44 bits per heavy atom. The SMILES string of the molecule is C=C1[C@H]2c3ccccc3C(=O)N2c2ccc(C)cc2[C@]1(C)c1ccccc1. The van der Waals surface area contributed by atoms with Crippen LogP contribution < -0.4 is 4.90 Å². The molecule has 0 unspecified atom stereocenters. The average Bonchev–Trinajstić information content (AvgIpc) is 3.00. The third kappa shape index (κ3) is 1.98. The first kappa shape index (κ1) is 16.1. The van der Waals surface area contributed by atoms with Crippen LogP contribution in [0.5, 0.6) is 0 Å². The molecule has 0 radical (unpaired) electrons. The summed E-state index contributed by atoms with van der Waals surface area (Å²) in [5.74, 6) is 0.0666. The third-order valence-corrected chi connectivity index (χ3v) is 6.24. The van der Waals surface area contributed by atoms with Crippen LogP contribution in [0.15, 0.2) is 84.9 Å². The molecule has 0 N–H and O–H groups in total. The lowest BCUT2D eigenvalue weighted by molar-refractivity contribution is 0.0991. The third-order valence-electron chi connectivity index (χ3n) is 6.24. The van der Waals surface area contributed by atoms with E-state index in [1.165, 1.54) is 11.1 Å². The summed E-state index contributed by atoms with van der Waals surface area (Å²) < 4.78 is 0. The van der Waals surface area contributed by atoms with Gasteiger partial charge in [0, 0.05) is 16.7 Å². The van der Waals surface area contributed by atoms with Crippen molar-refractivity contribution in [3.05, 3.63) is 113 Å². The molecule has 3 aromatic rings. The molecule has 0 aliphatic carbocycles. The molecule has 0 saturated carbocycles. The zero-order valence-corrected chi connectivity index (χ0v) is 15.6. The second-order valence-electron chi connectivity index (χ2n) is 7.70. The minimum atomic E-state index is -0.360. The smallest absolute Gasteiger partial charge is 0.259 e. The lowest BCUT2D eigenvalue weighted by atomic mass is 9.65. The van der Waals surface area contributed by atoms with Gasteiger partial charge in [-0.05, 0) is 48.2 Å². The number of rotatable bonds is 1. The van der Waals surface area contributed by atoms with Crippen molar-refractivity contribution >= 4 is 11.6 Å². The number of carbonyl (C=O) groups is 1. The van der Waals surface area contributed by atoms with Gasteiger partial charge in [-0.15, -0.1) is 0 Å². The molecule has 132 valence electrons. The van der Waals surface area contributed by atoms with E-state index in [0.717, 1.165) is 28.0 Å². The fourth-order valence-electron chi connectivity index (χ4n) is 4.73. The fourth-order valence-corrected chi connectivity index (χ4v) is 4.73. The molecular weight excluding hydrogens is 330 g/mol. The summed E-state index contributed by atoms with van der Waals surface area (Å²) in [4.78, 5) is 15.2. The standard InChI is InChI=1S/C25H21NO/c1-16-13-14-22-21(15-16)25(3,18-9-5-4-6-10-18)17(2)23-19-11-7-8-12-20(19)24(27)26(22)23/h4-15,23H,2H2,1,3H3/t23-,25-/m0/s1. The van der Waals surface area contributed by atoms with Crippen molar-refractivity contribution < 1.29 is 4.79 Å². The normalized spacial score (nSPS) is 23.0. The van der Waals surface area contributed by atoms with Crippen LogP contribution in [-0.4, -0.2) is 5.91 Å². The van der Waals surface area contributed by atoms with Gasteiger partial charge in [-0.1, -0.05) is 72.8 Å². The van der Waals surface area contributed by atoms with Gasteiger partial charge in [-0.25, -0.2) is 0 Å². The fraction of sp³-hybridized carbons (Fsp3) is 0.160. The van der Waals surface area contributed by atoms with Gasteiger partial charge in [0.1, 0.15) is 0 Å². The molecule has 2 nitrogen and oxygen atoms in total. The molecule has 0 saturated heterocycles. The van der Waals surface area contributed by atoms with Crippen LogP contribution in [0.2, 0.25) is 0 Å². The van der Waals surface area contributed by atoms with Crippen LogP contribution in [0, 0.1) is 6.92 Å². The average molecular weight is 351 g/mol. The molecule has 0 bridgehead atoms. The summed E-state index contributed by atoms with van der Waals surface area (Å²) in [5, 5.41) is 0. The van der Waals surface area contributed by atoms with Gasteiger partial charge >= 0.3 is 0 Å². The topological polar surface area (TPSA) is 20.3 Å². The van der Waals surface area contributed by atoms with Crippen molar-refractivity contribution in [1.29, 1.82) is 0 Å². The highest BCUT2D eigenvalue weighted by Crippen LogP contribution is 2.56. The molecule has 3 aromatic carbocycles. The number of amides is 1. The Labute approximate surface area is 159 Å². The minimum absolute atomic E-state index is 0.0666. The molecule has 2 aliphatic heterocycles. The van der Waals surface area contributed by atoms with Crippen LogP contribution >= 0.6 is 0 Å². The summed E-state index contributed by atoms with van der Waals surface area (Å²) in [7, 11) is 0. The summed E-state index contributed by atoms with van der Waals surface area (Å²) >= 11 is 0. The maximum Gasteiger partial charge on any atom is 0.259 e. The number of benzene rings is 3. The van der Waals surface area contributed by atoms with E-state index in [1.807, 2.05) is 29.2 Å². The lowest BCUT2D eigenvalue weighted by Crippen LogP contribution is -2.42. The van der Waals surface area contributed by atoms with Crippen LogP contribution in [0.25, 0.3) is 0 Å². The first-order chi connectivity index (χ1) is 13.0. The Balaban J connectivity index is 1.85. The van der Waals surface area contributed by atoms with Crippen molar-refractivity contribution in [2.24, 2.45) is 0 Å². The number of fused-ring (bicyclic) bond motifs is 5. The van der Waals surface area contributed by atoms with E-state index < -0.39 is 0 Å². The Hall–Kier alpha value is -3.13. The second-order valence-corrected chi connectivity index (χ2v) is 7.70. The maximum absolute atomic E-state index is 13.3. The molecule has 1 amide bonds. The summed E-state index contributed by atoms with van der Waals surface area (Å²) in [6.07, 6.45) is 0. The predicted molar refractivity (Wildman–Crippen MR) is 109 cm³/mol. The maximum atomic E-state index is 13.3. The van der Waals surface area contributed by atoms with E-state index in [9.17, 15) is 4.79 Å². The lowest BCUT2D eigenvalue weighted by Gasteiger charge is -2.46. The van der Waals surface area contributed by atoms with Gasteiger partial charge in [0.05, 0.1) is 6.04 Å². The molecular formula is C25H21NO. The molecule has 0 aromatic heterocycles. The highest BCUT2D eigenvalue weighted by molar-refractivity contribution is 6.13. The van der Waals surface area contributed by atoms with Gasteiger partial charge in [-0.2, -0.15) is 0 Å². The van der Waals surface area contributed by atoms with Gasteiger partial charge in [0.25, 0.3) is 5.91 Å². The number of carbonyl (C=O) groups excluding carboxylic acids is 1. The van der Waals surface area contributed by atoms with Crippen molar-refractivity contribution in [2.45, 2.75) is 25.3 Å². The Kier molecular flexibility index (Phi) is 3.23. The molecule has 27 heavy (non-hydrogen) atoms. The zero-order chi connectivity index (χ0) is 18.8. The quantitative estimate of drug-likeness (QED) is 0.525. The first-order valence-corrected chi connectivity index (χ1v) is 9.32. The monoisotopic (exact) mass is 351 g/mol. The summed E-state index contributed by atoms with van der Waals surface area (Å²) in [6, 6.07) is 24.7. The summed E-state index contributed by atoms with van der Waals surface area (Å²) in [5.41, 5.74) is 7.06. The summed E-state index contributed by atoms with van der Waals surface area (Å²) in [6.45, 7) is 8.89. The van der Waals surface area contributed by atoms with Crippen LogP contribution in [0.3, 0.4) is 0 Å². The second kappa shape index (κ2) is 5.43. The molecule has 2 heterocycles. The minimum Gasteiger partial charge on any atom is -0.297 e. The van der Waals surface area contributed by atoms with Gasteiger partial charge in [0.15, 0.2) is 0 Å². The van der Waals surface area contributed by atoms with Gasteiger partial charge < -0.3 is 0 Å². The Bertz CT molecular complexity index is 1100. The van der Waals surface area contributed by atoms with Crippen molar-refractivity contribution in [3.8, 4) is 0 Å². The van der Waals surface area contributed by atoms with E-state index in [2.05, 4.69) is 69.0 Å². The van der Waals surface area contributed by atoms with Crippen molar-refractivity contribution in [1.82, 2.24) is 0 Å². The van der Waals surface area contributed by atoms with Gasteiger partial charge in [0.2, 0.25) is 0 Å². The predicted octanol–water partition coefficient (Wildman–Crippen LogP) is 5.57. The number of anilines is 1. The van der Waals surface area contributed by atoms with Crippen molar-refractivity contribution in [2.75, 3.05) is 4.90 Å². The zero-order valence-electron chi connectivity index (χ0n) is 15.6. The Morgan fingerprint density at radius 1 is 0.963 bits per heavy atom. The molecule has 2 aliphatic rings. The number of hydrogen-bond donors (Lipinski definition) is 0. The molecule has 0 spiro atoms. The molecule has 0 fully saturated rings.